The van der Waals surface area contributed by atoms with E-state index in [0.717, 1.165) is 17.8 Å². The molecular weight excluding hydrogens is 378 g/mol. The molecule has 1 aromatic carbocycles. The van der Waals surface area contributed by atoms with Crippen molar-refractivity contribution < 1.29 is 9.53 Å². The molecule has 0 spiro atoms. The molecule has 7 nitrogen and oxygen atoms in total. The van der Waals surface area contributed by atoms with Crippen LogP contribution < -0.4 is 9.64 Å². The second kappa shape index (κ2) is 10.9. The number of anilines is 1. The molecular formula is C23H35N5O2. The summed E-state index contributed by atoms with van der Waals surface area (Å²) < 4.78 is 5.89. The SMILES string of the molecule is Cc1cc(OCc2ccccc2)nc(N(CCN(C(C)C)C(C)C)C(=O)N(C)C)n1. The summed E-state index contributed by atoms with van der Waals surface area (Å²) in [6.07, 6.45) is 0. The summed E-state index contributed by atoms with van der Waals surface area (Å²) in [5, 5.41) is 0. The van der Waals surface area contributed by atoms with E-state index in [4.69, 9.17) is 4.74 Å². The second-order valence-corrected chi connectivity index (χ2v) is 8.18. The van der Waals surface area contributed by atoms with E-state index in [9.17, 15) is 4.79 Å². The Morgan fingerprint density at radius 2 is 1.63 bits per heavy atom. The molecule has 0 fully saturated rings. The van der Waals surface area contributed by atoms with Crippen LogP contribution >= 0.6 is 0 Å². The standard InChI is InChI=1S/C23H35N5O2/c1-17(2)27(18(3)4)13-14-28(23(29)26(6)7)22-24-19(5)15-21(25-22)30-16-20-11-9-8-10-12-20/h8-12,15,17-18H,13-14,16H2,1-7H3. The first kappa shape index (κ1) is 23.6. The third kappa shape index (κ3) is 6.69. The van der Waals surface area contributed by atoms with Gasteiger partial charge < -0.3 is 9.64 Å². The van der Waals surface area contributed by atoms with Crippen LogP contribution in [-0.4, -0.2) is 65.1 Å². The normalized spacial score (nSPS) is 11.3. The van der Waals surface area contributed by atoms with Gasteiger partial charge in [-0.25, -0.2) is 9.78 Å². The molecule has 0 aliphatic heterocycles. The van der Waals surface area contributed by atoms with Crippen LogP contribution in [0.2, 0.25) is 0 Å². The Morgan fingerprint density at radius 1 is 1.00 bits per heavy atom. The number of benzene rings is 1. The monoisotopic (exact) mass is 413 g/mol. The maximum Gasteiger partial charge on any atom is 0.326 e. The number of nitrogens with zero attached hydrogens (tertiary/aromatic N) is 5. The molecule has 2 amide bonds. The maximum absolute atomic E-state index is 12.9. The van der Waals surface area contributed by atoms with Crippen LogP contribution in [0.5, 0.6) is 5.88 Å². The van der Waals surface area contributed by atoms with Gasteiger partial charge in [0.15, 0.2) is 0 Å². The molecule has 164 valence electrons. The number of amides is 2. The summed E-state index contributed by atoms with van der Waals surface area (Å²) in [5.41, 5.74) is 1.81. The fourth-order valence-corrected chi connectivity index (χ4v) is 3.30. The van der Waals surface area contributed by atoms with Crippen LogP contribution in [-0.2, 0) is 6.61 Å². The highest BCUT2D eigenvalue weighted by atomic mass is 16.5. The first-order valence-corrected chi connectivity index (χ1v) is 10.5. The topological polar surface area (TPSA) is 61.8 Å². The van der Waals surface area contributed by atoms with Gasteiger partial charge in [-0.1, -0.05) is 30.3 Å². The molecule has 0 unspecified atom stereocenters. The molecule has 0 aliphatic rings. The number of ether oxygens (including phenoxy) is 1. The van der Waals surface area contributed by atoms with Crippen molar-refractivity contribution in [3.8, 4) is 5.88 Å². The summed E-state index contributed by atoms with van der Waals surface area (Å²) in [5.74, 6) is 0.826. The summed E-state index contributed by atoms with van der Waals surface area (Å²) in [4.78, 5) is 27.5. The molecule has 1 aromatic heterocycles. The largest absolute Gasteiger partial charge is 0.473 e. The Kier molecular flexibility index (Phi) is 8.59. The van der Waals surface area contributed by atoms with Crippen molar-refractivity contribution in [2.24, 2.45) is 0 Å². The zero-order chi connectivity index (χ0) is 22.3. The van der Waals surface area contributed by atoms with Gasteiger partial charge in [0.25, 0.3) is 0 Å². The van der Waals surface area contributed by atoms with Gasteiger partial charge in [0.1, 0.15) is 6.61 Å². The first-order valence-electron chi connectivity index (χ1n) is 10.5. The van der Waals surface area contributed by atoms with E-state index in [0.29, 0.717) is 37.1 Å². The average molecular weight is 414 g/mol. The third-order valence-corrected chi connectivity index (χ3v) is 4.81. The quantitative estimate of drug-likeness (QED) is 0.622. The van der Waals surface area contributed by atoms with E-state index in [-0.39, 0.29) is 6.03 Å². The zero-order valence-electron chi connectivity index (χ0n) is 19.3. The van der Waals surface area contributed by atoms with Crippen molar-refractivity contribution in [1.29, 1.82) is 0 Å². The summed E-state index contributed by atoms with van der Waals surface area (Å²) in [6.45, 7) is 12.2. The van der Waals surface area contributed by atoms with Crippen molar-refractivity contribution in [1.82, 2.24) is 19.8 Å². The maximum atomic E-state index is 12.9. The zero-order valence-corrected chi connectivity index (χ0v) is 19.3. The smallest absolute Gasteiger partial charge is 0.326 e. The Morgan fingerprint density at radius 3 is 2.20 bits per heavy atom. The summed E-state index contributed by atoms with van der Waals surface area (Å²) >= 11 is 0. The van der Waals surface area contributed by atoms with Gasteiger partial charge in [0.05, 0.1) is 0 Å². The highest BCUT2D eigenvalue weighted by Crippen LogP contribution is 2.18. The van der Waals surface area contributed by atoms with E-state index < -0.39 is 0 Å². The van der Waals surface area contributed by atoms with Gasteiger partial charge in [0, 0.05) is 51.0 Å². The average Bonchev–Trinajstić information content (AvgIpc) is 2.69. The minimum absolute atomic E-state index is 0.151. The minimum atomic E-state index is -0.151. The molecule has 2 rings (SSSR count). The molecule has 0 N–H and O–H groups in total. The Bertz CT molecular complexity index is 800. The Balaban J connectivity index is 2.24. The lowest BCUT2D eigenvalue weighted by Gasteiger charge is -2.33. The molecule has 0 aliphatic carbocycles. The van der Waals surface area contributed by atoms with Crippen molar-refractivity contribution in [2.75, 3.05) is 32.1 Å². The Labute approximate surface area is 180 Å². The first-order chi connectivity index (χ1) is 14.2. The second-order valence-electron chi connectivity index (χ2n) is 8.18. The fraction of sp³-hybridized carbons (Fsp3) is 0.522. The molecule has 0 atom stereocenters. The molecule has 7 heteroatoms. The predicted octanol–water partition coefficient (Wildman–Crippen LogP) is 3.97. The third-order valence-electron chi connectivity index (χ3n) is 4.81. The van der Waals surface area contributed by atoms with Crippen LogP contribution in [0, 0.1) is 6.92 Å². The van der Waals surface area contributed by atoms with Crippen molar-refractivity contribution >= 4 is 12.0 Å². The fourth-order valence-electron chi connectivity index (χ4n) is 3.30. The number of hydrogen-bond acceptors (Lipinski definition) is 5. The Hall–Kier alpha value is -2.67. The van der Waals surface area contributed by atoms with Gasteiger partial charge in [-0.05, 0) is 40.2 Å². The molecule has 1 heterocycles. The summed E-state index contributed by atoms with van der Waals surface area (Å²) in [7, 11) is 3.47. The van der Waals surface area contributed by atoms with Crippen LogP contribution in [0.3, 0.4) is 0 Å². The van der Waals surface area contributed by atoms with Crippen molar-refractivity contribution in [2.45, 2.75) is 53.3 Å². The van der Waals surface area contributed by atoms with E-state index in [2.05, 4.69) is 42.6 Å². The number of carbonyl (C=O) groups is 1. The number of rotatable bonds is 9. The summed E-state index contributed by atoms with van der Waals surface area (Å²) in [6, 6.07) is 12.3. The van der Waals surface area contributed by atoms with Gasteiger partial charge in [0.2, 0.25) is 11.8 Å². The lowest BCUT2D eigenvalue weighted by atomic mass is 10.2. The van der Waals surface area contributed by atoms with Crippen LogP contribution in [0.25, 0.3) is 0 Å². The lowest BCUT2D eigenvalue weighted by Crippen LogP contribution is -2.47. The molecule has 0 bridgehead atoms. The van der Waals surface area contributed by atoms with E-state index in [1.165, 1.54) is 0 Å². The van der Waals surface area contributed by atoms with Crippen molar-refractivity contribution in [3.63, 3.8) is 0 Å². The lowest BCUT2D eigenvalue weighted by molar-refractivity contribution is 0.176. The number of urea groups is 1. The van der Waals surface area contributed by atoms with E-state index >= 15 is 0 Å². The van der Waals surface area contributed by atoms with Crippen LogP contribution in [0.4, 0.5) is 10.7 Å². The van der Waals surface area contributed by atoms with E-state index in [1.807, 2.05) is 37.3 Å². The predicted molar refractivity (Wildman–Crippen MR) is 121 cm³/mol. The number of hydrogen-bond donors (Lipinski definition) is 0. The van der Waals surface area contributed by atoms with Gasteiger partial charge in [-0.15, -0.1) is 0 Å². The van der Waals surface area contributed by atoms with Gasteiger partial charge in [-0.3, -0.25) is 9.80 Å². The molecule has 0 saturated heterocycles. The van der Waals surface area contributed by atoms with Crippen molar-refractivity contribution in [3.05, 3.63) is 47.7 Å². The number of carbonyl (C=O) groups excluding carboxylic acids is 1. The van der Waals surface area contributed by atoms with Gasteiger partial charge >= 0.3 is 6.03 Å². The van der Waals surface area contributed by atoms with Crippen LogP contribution in [0.1, 0.15) is 39.0 Å². The number of aryl methyl sites for hydroxylation is 1. The molecule has 0 radical (unpaired) electrons. The molecule has 2 aromatic rings. The highest BCUT2D eigenvalue weighted by Gasteiger charge is 2.23. The molecule has 0 saturated carbocycles. The van der Waals surface area contributed by atoms with Crippen LogP contribution in [0.15, 0.2) is 36.4 Å². The van der Waals surface area contributed by atoms with Gasteiger partial charge in [-0.2, -0.15) is 4.98 Å². The molecule has 30 heavy (non-hydrogen) atoms. The minimum Gasteiger partial charge on any atom is -0.473 e. The highest BCUT2D eigenvalue weighted by molar-refractivity contribution is 5.89. The van der Waals surface area contributed by atoms with E-state index in [1.54, 1.807) is 30.0 Å². The number of aromatic nitrogens is 2.